The highest BCUT2D eigenvalue weighted by atomic mass is 16.6. The van der Waals surface area contributed by atoms with Crippen LogP contribution >= 0.6 is 0 Å². The summed E-state index contributed by atoms with van der Waals surface area (Å²) in [4.78, 5) is 10.3. The van der Waals surface area contributed by atoms with Gasteiger partial charge in [0.2, 0.25) is 0 Å². The van der Waals surface area contributed by atoms with E-state index in [2.05, 4.69) is 5.32 Å². The topological polar surface area (TPSA) is 55.2 Å². The van der Waals surface area contributed by atoms with Crippen LogP contribution in [0.5, 0.6) is 0 Å². The van der Waals surface area contributed by atoms with E-state index in [1.165, 1.54) is 37.7 Å². The lowest BCUT2D eigenvalue weighted by Gasteiger charge is -2.33. The van der Waals surface area contributed by atoms with Crippen molar-refractivity contribution in [1.29, 1.82) is 0 Å². The predicted octanol–water partition coefficient (Wildman–Crippen LogP) is 3.37. The van der Waals surface area contributed by atoms with Gasteiger partial charge in [0.25, 0.3) is 5.69 Å². The lowest BCUT2D eigenvalue weighted by Crippen LogP contribution is -2.39. The van der Waals surface area contributed by atoms with Crippen LogP contribution in [0.2, 0.25) is 0 Å². The Morgan fingerprint density at radius 3 is 2.65 bits per heavy atom. The Hall–Kier alpha value is -1.68. The number of nitrogens with zero attached hydrogens (tertiary/aromatic N) is 1. The molecule has 0 bridgehead atoms. The quantitative estimate of drug-likeness (QED) is 0.521. The molecule has 4 nitrogen and oxygen atoms in total. The zero-order valence-corrected chi connectivity index (χ0v) is 11.6. The maximum atomic E-state index is 10.7. The average Bonchev–Trinajstić information content (AvgIpc) is 2.48. The first-order chi connectivity index (χ1) is 9.74. The van der Waals surface area contributed by atoms with Crippen LogP contribution in [0.15, 0.2) is 35.4 Å². The van der Waals surface area contributed by atoms with Crippen molar-refractivity contribution in [3.8, 4) is 0 Å². The minimum atomic E-state index is -0.343. The van der Waals surface area contributed by atoms with Crippen molar-refractivity contribution in [1.82, 2.24) is 5.32 Å². The van der Waals surface area contributed by atoms with Crippen LogP contribution in [-0.2, 0) is 6.42 Å². The smallest absolute Gasteiger partial charge is 0.269 e. The van der Waals surface area contributed by atoms with Gasteiger partial charge in [-0.25, -0.2) is 0 Å². The molecule has 1 N–H and O–H groups in total. The van der Waals surface area contributed by atoms with Crippen LogP contribution in [-0.4, -0.2) is 17.5 Å². The molecule has 1 unspecified atom stereocenters. The van der Waals surface area contributed by atoms with Crippen molar-refractivity contribution in [3.63, 3.8) is 0 Å². The Balaban J connectivity index is 1.75. The molecule has 0 radical (unpaired) electrons. The molecule has 1 atom stereocenters. The Kier molecular flexibility index (Phi) is 3.83. The van der Waals surface area contributed by atoms with E-state index in [1.807, 2.05) is 12.1 Å². The maximum Gasteiger partial charge on any atom is 0.269 e. The molecule has 0 saturated heterocycles. The second-order valence-electron chi connectivity index (χ2n) is 5.72. The molecule has 3 rings (SSSR count). The van der Waals surface area contributed by atoms with Gasteiger partial charge in [0.1, 0.15) is 0 Å². The molecule has 106 valence electrons. The number of nitro groups is 1. The van der Waals surface area contributed by atoms with E-state index in [-0.39, 0.29) is 10.6 Å². The fourth-order valence-electron chi connectivity index (χ4n) is 3.40. The molecule has 1 aliphatic heterocycles. The molecule has 0 spiro atoms. The highest BCUT2D eigenvalue weighted by Gasteiger charge is 2.24. The zero-order chi connectivity index (χ0) is 13.9. The number of hydrogen-bond donors (Lipinski definition) is 1. The molecule has 1 heterocycles. The molecular weight excluding hydrogens is 252 g/mol. The number of non-ortho nitro benzene ring substituents is 1. The summed E-state index contributed by atoms with van der Waals surface area (Å²) in [5, 5.41) is 14.3. The first kappa shape index (κ1) is 13.3. The highest BCUT2D eigenvalue weighted by molar-refractivity contribution is 5.35. The lowest BCUT2D eigenvalue weighted by atomic mass is 9.81. The third-order valence-corrected chi connectivity index (χ3v) is 4.45. The van der Waals surface area contributed by atoms with Crippen molar-refractivity contribution in [2.75, 3.05) is 6.54 Å². The lowest BCUT2D eigenvalue weighted by molar-refractivity contribution is -0.384. The van der Waals surface area contributed by atoms with Gasteiger partial charge in [0.15, 0.2) is 0 Å². The highest BCUT2D eigenvalue weighted by Crippen LogP contribution is 2.32. The minimum absolute atomic E-state index is 0.169. The van der Waals surface area contributed by atoms with Gasteiger partial charge in [-0.05, 0) is 50.6 Å². The van der Waals surface area contributed by atoms with Crippen molar-refractivity contribution in [3.05, 3.63) is 51.1 Å². The largest absolute Gasteiger partial charge is 0.310 e. The van der Waals surface area contributed by atoms with Gasteiger partial charge in [-0.2, -0.15) is 0 Å². The SMILES string of the molecule is O=[N+]([O-])c1ccc(CC2NCCC3=C2CCCC3)cc1. The fourth-order valence-corrected chi connectivity index (χ4v) is 3.40. The molecule has 1 aromatic carbocycles. The molecule has 2 aliphatic rings. The van der Waals surface area contributed by atoms with E-state index in [4.69, 9.17) is 0 Å². The molecule has 0 amide bonds. The molecule has 20 heavy (non-hydrogen) atoms. The van der Waals surface area contributed by atoms with Crippen LogP contribution in [0.3, 0.4) is 0 Å². The summed E-state index contributed by atoms with van der Waals surface area (Å²) in [5.41, 5.74) is 4.62. The van der Waals surface area contributed by atoms with Gasteiger partial charge in [-0.3, -0.25) is 10.1 Å². The van der Waals surface area contributed by atoms with Gasteiger partial charge in [-0.15, -0.1) is 0 Å². The molecule has 0 fully saturated rings. The van der Waals surface area contributed by atoms with Crippen LogP contribution in [0.25, 0.3) is 0 Å². The first-order valence-electron chi connectivity index (χ1n) is 7.41. The summed E-state index contributed by atoms with van der Waals surface area (Å²) in [6, 6.07) is 7.41. The summed E-state index contributed by atoms with van der Waals surface area (Å²) in [6.07, 6.45) is 7.27. The van der Waals surface area contributed by atoms with Crippen LogP contribution in [0.4, 0.5) is 5.69 Å². The Bertz CT molecular complexity index is 530. The number of benzene rings is 1. The molecule has 1 aromatic rings. The summed E-state index contributed by atoms with van der Waals surface area (Å²) in [7, 11) is 0. The molecular formula is C16H20N2O2. The number of hydrogen-bond acceptors (Lipinski definition) is 3. The zero-order valence-electron chi connectivity index (χ0n) is 11.6. The van der Waals surface area contributed by atoms with Gasteiger partial charge in [0, 0.05) is 18.2 Å². The Morgan fingerprint density at radius 2 is 1.90 bits per heavy atom. The van der Waals surface area contributed by atoms with Crippen LogP contribution < -0.4 is 5.32 Å². The van der Waals surface area contributed by atoms with Crippen LogP contribution in [0.1, 0.15) is 37.7 Å². The van der Waals surface area contributed by atoms with E-state index < -0.39 is 0 Å². The molecule has 1 aliphatic carbocycles. The van der Waals surface area contributed by atoms with E-state index in [0.717, 1.165) is 13.0 Å². The van der Waals surface area contributed by atoms with Gasteiger partial charge in [-0.1, -0.05) is 23.3 Å². The number of nitro benzene ring substituents is 1. The summed E-state index contributed by atoms with van der Waals surface area (Å²) in [6.45, 7) is 1.07. The molecule has 0 saturated carbocycles. The summed E-state index contributed by atoms with van der Waals surface area (Å²) < 4.78 is 0. The van der Waals surface area contributed by atoms with E-state index in [0.29, 0.717) is 6.04 Å². The molecule has 0 aromatic heterocycles. The van der Waals surface area contributed by atoms with Gasteiger partial charge >= 0.3 is 0 Å². The monoisotopic (exact) mass is 272 g/mol. The third kappa shape index (κ3) is 2.75. The van der Waals surface area contributed by atoms with Crippen molar-refractivity contribution >= 4 is 5.69 Å². The fraction of sp³-hybridized carbons (Fsp3) is 0.500. The standard InChI is InChI=1S/C16H20N2O2/c19-18(20)14-7-5-12(6-8-14)11-16-15-4-2-1-3-13(15)9-10-17-16/h5-8,16-17H,1-4,9-11H2. The van der Waals surface area contributed by atoms with Gasteiger partial charge in [0.05, 0.1) is 4.92 Å². The Labute approximate surface area is 119 Å². The van der Waals surface area contributed by atoms with E-state index >= 15 is 0 Å². The molecule has 4 heteroatoms. The van der Waals surface area contributed by atoms with Crippen molar-refractivity contribution in [2.45, 2.75) is 44.6 Å². The summed E-state index contributed by atoms with van der Waals surface area (Å²) in [5.74, 6) is 0. The first-order valence-corrected chi connectivity index (χ1v) is 7.41. The van der Waals surface area contributed by atoms with Crippen LogP contribution in [0, 0.1) is 10.1 Å². The van der Waals surface area contributed by atoms with E-state index in [1.54, 1.807) is 23.3 Å². The summed E-state index contributed by atoms with van der Waals surface area (Å²) >= 11 is 0. The maximum absolute atomic E-state index is 10.7. The average molecular weight is 272 g/mol. The normalized spacial score (nSPS) is 22.5. The number of nitrogens with one attached hydrogen (secondary N) is 1. The van der Waals surface area contributed by atoms with Gasteiger partial charge < -0.3 is 5.32 Å². The van der Waals surface area contributed by atoms with E-state index in [9.17, 15) is 10.1 Å². The minimum Gasteiger partial charge on any atom is -0.310 e. The predicted molar refractivity (Wildman–Crippen MR) is 78.7 cm³/mol. The second kappa shape index (κ2) is 5.75. The van der Waals surface area contributed by atoms with Crippen molar-refractivity contribution in [2.24, 2.45) is 0 Å². The third-order valence-electron chi connectivity index (χ3n) is 4.45. The van der Waals surface area contributed by atoms with Crippen molar-refractivity contribution < 1.29 is 4.92 Å². The second-order valence-corrected chi connectivity index (χ2v) is 5.72. The number of rotatable bonds is 3. The Morgan fingerprint density at radius 1 is 1.15 bits per heavy atom.